The van der Waals surface area contributed by atoms with Gasteiger partial charge in [-0.25, -0.2) is 0 Å². The van der Waals surface area contributed by atoms with E-state index in [1.54, 1.807) is 0 Å². The van der Waals surface area contributed by atoms with Gasteiger partial charge in [0, 0.05) is 0 Å². The summed E-state index contributed by atoms with van der Waals surface area (Å²) < 4.78 is 32.1. The first-order valence-electron chi connectivity index (χ1n) is 2.72. The van der Waals surface area contributed by atoms with Gasteiger partial charge in [-0.2, -0.15) is 8.78 Å². The Bertz CT molecular complexity index is 190. The third-order valence-electron chi connectivity index (χ3n) is 1.18. The summed E-state index contributed by atoms with van der Waals surface area (Å²) in [5.74, 6) is -4.60. The SMILES string of the molecule is CC(C)(C(=O)O)S(=O)C(F)F. The predicted octanol–water partition coefficient (Wildman–Crippen LogP) is 0.821. The molecule has 0 fully saturated rings. The first-order chi connectivity index (χ1) is 4.80. The molecule has 0 aromatic rings. The molecule has 0 rings (SSSR count). The zero-order valence-corrected chi connectivity index (χ0v) is 6.82. The number of carboxylic acid groups (broad SMARTS) is 1. The van der Waals surface area contributed by atoms with Crippen LogP contribution in [0.2, 0.25) is 0 Å². The van der Waals surface area contributed by atoms with E-state index >= 15 is 0 Å². The van der Waals surface area contributed by atoms with Gasteiger partial charge in [0.1, 0.15) is 15.5 Å². The van der Waals surface area contributed by atoms with Crippen molar-refractivity contribution in [1.29, 1.82) is 0 Å². The van der Waals surface area contributed by atoms with E-state index in [0.29, 0.717) is 0 Å². The zero-order chi connectivity index (χ0) is 9.23. The molecule has 0 aliphatic heterocycles. The average Bonchev–Trinajstić information content (AvgIpc) is 1.85. The number of alkyl halides is 2. The second-order valence-corrected chi connectivity index (χ2v) is 4.35. The summed E-state index contributed by atoms with van der Waals surface area (Å²) in [6.45, 7) is 2.00. The van der Waals surface area contributed by atoms with Crippen LogP contribution in [0.15, 0.2) is 0 Å². The van der Waals surface area contributed by atoms with Gasteiger partial charge in [-0.3, -0.25) is 9.00 Å². The van der Waals surface area contributed by atoms with Gasteiger partial charge in [0.05, 0.1) is 0 Å². The van der Waals surface area contributed by atoms with E-state index in [9.17, 15) is 17.8 Å². The highest BCUT2D eigenvalue weighted by Crippen LogP contribution is 2.18. The molecule has 0 saturated heterocycles. The Morgan fingerprint density at radius 1 is 1.55 bits per heavy atom. The largest absolute Gasteiger partial charge is 0.480 e. The Balaban J connectivity index is 4.56. The van der Waals surface area contributed by atoms with Crippen LogP contribution in [0.4, 0.5) is 8.78 Å². The quantitative estimate of drug-likeness (QED) is 0.710. The van der Waals surface area contributed by atoms with Crippen molar-refractivity contribution >= 4 is 16.8 Å². The number of aliphatic carboxylic acids is 1. The van der Waals surface area contributed by atoms with Gasteiger partial charge in [-0.1, -0.05) is 0 Å². The molecule has 1 N–H and O–H groups in total. The maximum absolute atomic E-state index is 11.7. The van der Waals surface area contributed by atoms with Crippen LogP contribution in [-0.4, -0.2) is 25.8 Å². The molecule has 0 amide bonds. The topological polar surface area (TPSA) is 54.4 Å². The highest BCUT2D eigenvalue weighted by molar-refractivity contribution is 7.87. The van der Waals surface area contributed by atoms with E-state index in [2.05, 4.69) is 0 Å². The van der Waals surface area contributed by atoms with Crippen molar-refractivity contribution in [3.05, 3.63) is 0 Å². The summed E-state index contributed by atoms with van der Waals surface area (Å²) in [6.07, 6.45) is 0. The van der Waals surface area contributed by atoms with Crippen molar-refractivity contribution in [2.45, 2.75) is 24.4 Å². The van der Waals surface area contributed by atoms with Crippen LogP contribution in [0, 0.1) is 0 Å². The molecular formula is C5H8F2O3S. The van der Waals surface area contributed by atoms with Crippen LogP contribution >= 0.6 is 0 Å². The fraction of sp³-hybridized carbons (Fsp3) is 0.800. The Kier molecular flexibility index (Phi) is 3.10. The summed E-state index contributed by atoms with van der Waals surface area (Å²) in [5.41, 5.74) is 0. The molecule has 0 heterocycles. The van der Waals surface area contributed by atoms with Crippen molar-refractivity contribution in [3.63, 3.8) is 0 Å². The van der Waals surface area contributed by atoms with E-state index in [1.165, 1.54) is 0 Å². The molecule has 3 nitrogen and oxygen atoms in total. The number of carboxylic acids is 1. The van der Waals surface area contributed by atoms with E-state index in [1.807, 2.05) is 0 Å². The maximum Gasteiger partial charge on any atom is 0.322 e. The first-order valence-corrected chi connectivity index (χ1v) is 3.93. The summed E-state index contributed by atoms with van der Waals surface area (Å²) in [5, 5.41) is 8.33. The van der Waals surface area contributed by atoms with Crippen molar-refractivity contribution in [2.75, 3.05) is 0 Å². The molecule has 0 aromatic heterocycles. The van der Waals surface area contributed by atoms with Crippen LogP contribution < -0.4 is 0 Å². The minimum Gasteiger partial charge on any atom is -0.480 e. The summed E-state index contributed by atoms with van der Waals surface area (Å²) >= 11 is 0. The van der Waals surface area contributed by atoms with Gasteiger partial charge in [0.2, 0.25) is 0 Å². The van der Waals surface area contributed by atoms with E-state index in [4.69, 9.17) is 5.11 Å². The van der Waals surface area contributed by atoms with E-state index < -0.39 is 27.3 Å². The molecule has 6 heteroatoms. The average molecular weight is 186 g/mol. The molecule has 0 aromatic carbocycles. The monoisotopic (exact) mass is 186 g/mol. The third-order valence-corrected chi connectivity index (χ3v) is 2.68. The lowest BCUT2D eigenvalue weighted by atomic mass is 10.2. The van der Waals surface area contributed by atoms with Gasteiger partial charge in [0.15, 0.2) is 0 Å². The zero-order valence-electron chi connectivity index (χ0n) is 6.01. The number of rotatable bonds is 3. The van der Waals surface area contributed by atoms with Gasteiger partial charge in [-0.05, 0) is 13.8 Å². The normalized spacial score (nSPS) is 15.0. The molecule has 1 atom stereocenters. The van der Waals surface area contributed by atoms with Gasteiger partial charge < -0.3 is 5.11 Å². The fourth-order valence-corrected chi connectivity index (χ4v) is 0.926. The molecule has 11 heavy (non-hydrogen) atoms. The Labute approximate surface area is 64.9 Å². The lowest BCUT2D eigenvalue weighted by Crippen LogP contribution is -2.39. The van der Waals surface area contributed by atoms with Crippen molar-refractivity contribution < 1.29 is 22.9 Å². The Morgan fingerprint density at radius 3 is 2.00 bits per heavy atom. The van der Waals surface area contributed by atoms with Crippen molar-refractivity contribution in [3.8, 4) is 0 Å². The molecule has 0 spiro atoms. The van der Waals surface area contributed by atoms with Crippen molar-refractivity contribution in [2.24, 2.45) is 0 Å². The minimum absolute atomic E-state index is 0.998. The number of halogens is 2. The third kappa shape index (κ3) is 2.21. The van der Waals surface area contributed by atoms with Crippen LogP contribution in [0.25, 0.3) is 0 Å². The molecule has 0 aliphatic carbocycles. The Hall–Kier alpha value is -0.520. The standard InChI is InChI=1S/C5H8F2O3S/c1-5(2,3(8)9)11(10)4(6)7/h4H,1-2H3,(H,8,9). The molecule has 0 aliphatic rings. The number of hydrogen-bond donors (Lipinski definition) is 1. The summed E-state index contributed by atoms with van der Waals surface area (Å²) in [7, 11) is -2.65. The fourth-order valence-electron chi connectivity index (χ4n) is 0.309. The highest BCUT2D eigenvalue weighted by atomic mass is 32.2. The molecule has 0 radical (unpaired) electrons. The first kappa shape index (κ1) is 10.5. The molecule has 0 bridgehead atoms. The molecule has 1 unspecified atom stereocenters. The molecule has 66 valence electrons. The summed E-state index contributed by atoms with van der Waals surface area (Å²) in [4.78, 5) is 10.2. The van der Waals surface area contributed by atoms with Gasteiger partial charge in [-0.15, -0.1) is 0 Å². The predicted molar refractivity (Wildman–Crippen MR) is 35.9 cm³/mol. The van der Waals surface area contributed by atoms with Crippen molar-refractivity contribution in [1.82, 2.24) is 0 Å². The van der Waals surface area contributed by atoms with E-state index in [-0.39, 0.29) is 0 Å². The number of hydrogen-bond acceptors (Lipinski definition) is 2. The summed E-state index contributed by atoms with van der Waals surface area (Å²) in [6, 6.07) is 0. The van der Waals surface area contributed by atoms with Crippen LogP contribution in [0.5, 0.6) is 0 Å². The van der Waals surface area contributed by atoms with Crippen LogP contribution in [0.1, 0.15) is 13.8 Å². The minimum atomic E-state index is -3.11. The smallest absolute Gasteiger partial charge is 0.322 e. The molecular weight excluding hydrogens is 178 g/mol. The van der Waals surface area contributed by atoms with Crippen LogP contribution in [0.3, 0.4) is 0 Å². The lowest BCUT2D eigenvalue weighted by Gasteiger charge is -2.16. The maximum atomic E-state index is 11.7. The lowest BCUT2D eigenvalue weighted by molar-refractivity contribution is -0.139. The van der Waals surface area contributed by atoms with Gasteiger partial charge in [0.25, 0.3) is 0 Å². The van der Waals surface area contributed by atoms with Gasteiger partial charge >= 0.3 is 11.7 Å². The number of carbonyl (C=O) groups is 1. The second-order valence-electron chi connectivity index (χ2n) is 2.37. The molecule has 0 saturated carbocycles. The van der Waals surface area contributed by atoms with Crippen LogP contribution in [-0.2, 0) is 15.6 Å². The second kappa shape index (κ2) is 3.25. The highest BCUT2D eigenvalue weighted by Gasteiger charge is 2.39. The Morgan fingerprint density at radius 2 is 1.91 bits per heavy atom. The van der Waals surface area contributed by atoms with E-state index in [0.717, 1.165) is 13.8 Å².